The molecule has 7 aliphatic rings. The van der Waals surface area contributed by atoms with Gasteiger partial charge in [-0.3, -0.25) is 0 Å². The van der Waals surface area contributed by atoms with Crippen molar-refractivity contribution in [3.05, 3.63) is 154 Å². The van der Waals surface area contributed by atoms with Crippen molar-refractivity contribution in [3.8, 4) is 28.4 Å². The molecular weight excluding hydrogens is 937 g/mol. The van der Waals surface area contributed by atoms with E-state index in [0.29, 0.717) is 6.61 Å². The van der Waals surface area contributed by atoms with Gasteiger partial charge in [-0.1, -0.05) is 221 Å². The molecule has 4 aliphatic heterocycles. The van der Waals surface area contributed by atoms with Gasteiger partial charge >= 0.3 is 0 Å². The SMILES string of the molecule is COc1cc2c3c(c4c(c2cc1Sc1ccccc1)-c1ccccc1C41CC(C)(C)CC(C)(C)C1)C=CC1(O3)C2=C=C=C(C=C2)OCCCCCCCCCCCCCCCCCCCCCCOc2ccc1cc2. The van der Waals surface area contributed by atoms with Crippen molar-refractivity contribution in [2.45, 2.75) is 196 Å². The molecule has 2 spiro atoms. The minimum absolute atomic E-state index is 0.109. The summed E-state index contributed by atoms with van der Waals surface area (Å²) in [4.78, 5) is 2.25. The maximum absolute atomic E-state index is 7.96. The molecule has 0 N–H and O–H groups in total. The van der Waals surface area contributed by atoms with Gasteiger partial charge in [0.1, 0.15) is 17.2 Å². The maximum atomic E-state index is 7.96. The highest BCUT2D eigenvalue weighted by Gasteiger charge is 2.55. The van der Waals surface area contributed by atoms with Crippen LogP contribution in [0, 0.1) is 10.8 Å². The van der Waals surface area contributed by atoms with E-state index in [1.807, 2.05) is 0 Å². The van der Waals surface area contributed by atoms with Crippen LogP contribution in [0.25, 0.3) is 28.0 Å². The molecule has 394 valence electrons. The Balaban J connectivity index is 1.05. The first-order valence-electron chi connectivity index (χ1n) is 29.3. The van der Waals surface area contributed by atoms with E-state index in [1.54, 1.807) is 18.9 Å². The molecule has 0 aromatic heterocycles. The highest BCUT2D eigenvalue weighted by molar-refractivity contribution is 7.99. The van der Waals surface area contributed by atoms with Crippen molar-refractivity contribution < 1.29 is 18.9 Å². The summed E-state index contributed by atoms with van der Waals surface area (Å²) in [6.45, 7) is 11.4. The Morgan fingerprint density at radius 2 is 1.12 bits per heavy atom. The van der Waals surface area contributed by atoms with Gasteiger partial charge in [-0.15, -0.1) is 0 Å². The lowest BCUT2D eigenvalue weighted by atomic mass is 9.52. The van der Waals surface area contributed by atoms with Gasteiger partial charge < -0.3 is 18.9 Å². The Morgan fingerprint density at radius 1 is 0.547 bits per heavy atom. The van der Waals surface area contributed by atoms with Gasteiger partial charge in [0, 0.05) is 26.8 Å². The van der Waals surface area contributed by atoms with Crippen LogP contribution < -0.4 is 14.2 Å². The highest BCUT2D eigenvalue weighted by Crippen LogP contribution is 2.67. The number of rotatable bonds is 3. The lowest BCUT2D eigenvalue weighted by molar-refractivity contribution is 0.0641. The summed E-state index contributed by atoms with van der Waals surface area (Å²) < 4.78 is 27.1. The quantitative estimate of drug-likeness (QED) is 0.168. The van der Waals surface area contributed by atoms with Gasteiger partial charge in [-0.25, -0.2) is 0 Å². The number of hydrogen-bond donors (Lipinski definition) is 0. The molecule has 1 saturated carbocycles. The van der Waals surface area contributed by atoms with Crippen LogP contribution in [-0.4, -0.2) is 20.3 Å². The molecule has 0 radical (unpaired) electrons. The fourth-order valence-corrected chi connectivity index (χ4v) is 15.2. The Labute approximate surface area is 455 Å². The third-order valence-electron chi connectivity index (χ3n) is 17.0. The average Bonchev–Trinajstić information content (AvgIpc) is 3.75. The highest BCUT2D eigenvalue weighted by atomic mass is 32.2. The molecule has 75 heavy (non-hydrogen) atoms. The number of hydrogen-bond acceptors (Lipinski definition) is 5. The molecule has 5 aromatic rings. The van der Waals surface area contributed by atoms with Crippen LogP contribution in [0.4, 0.5) is 0 Å². The topological polar surface area (TPSA) is 36.9 Å². The minimum Gasteiger partial charge on any atom is -0.496 e. The molecule has 0 amide bonds. The molecule has 5 heteroatoms. The summed E-state index contributed by atoms with van der Waals surface area (Å²) in [7, 11) is 1.79. The zero-order valence-electron chi connectivity index (χ0n) is 46.2. The average molecular weight is 1020 g/mol. The van der Waals surface area contributed by atoms with Crippen molar-refractivity contribution in [3.63, 3.8) is 0 Å². The third-order valence-corrected chi connectivity index (χ3v) is 18.0. The maximum Gasteiger partial charge on any atom is 0.185 e. The van der Waals surface area contributed by atoms with Crippen LogP contribution in [0.15, 0.2) is 142 Å². The standard InChI is InChI=1S/C70H84O4S/c1-67(2)49-68(3,4)51-69(50-67)61-34-28-27-33-57(61)64-59-48-63(75-56-31-25-24-26-32-56)62(71-5)47-60(59)66-58(65(64)69)43-44-70(74-66)52-35-39-54(40-36-52)72-45-29-22-20-18-16-14-12-10-8-6-7-9-11-13-15-17-19-21-23-30-46-73-55-41-37-53(70)38-42-55/h24-28,31-37,39-41,43-44,47-48H,6-23,29-30,45-46,49-51H2,1-5H3. The second-order valence-corrected chi connectivity index (χ2v) is 25.4. The fraction of sp³-hybridized carbons (Fsp3) is 0.486. The lowest BCUT2D eigenvalue weighted by Crippen LogP contribution is -2.44. The zero-order chi connectivity index (χ0) is 51.7. The van der Waals surface area contributed by atoms with Gasteiger partial charge in [0.05, 0.1) is 30.8 Å². The van der Waals surface area contributed by atoms with Crippen LogP contribution in [0.2, 0.25) is 0 Å². The molecule has 4 bridgehead atoms. The normalized spacial score (nSPS) is 22.3. The first-order chi connectivity index (χ1) is 36.6. The van der Waals surface area contributed by atoms with Gasteiger partial charge in [0.25, 0.3) is 0 Å². The number of fused-ring (bicyclic) bond motifs is 11. The van der Waals surface area contributed by atoms with Crippen LogP contribution in [0.5, 0.6) is 17.2 Å². The van der Waals surface area contributed by atoms with E-state index in [2.05, 4.69) is 154 Å². The van der Waals surface area contributed by atoms with Crippen LogP contribution >= 0.6 is 11.8 Å². The van der Waals surface area contributed by atoms with E-state index < -0.39 is 5.60 Å². The second kappa shape index (κ2) is 23.9. The molecule has 1 atom stereocenters. The van der Waals surface area contributed by atoms with Crippen molar-refractivity contribution in [2.24, 2.45) is 10.8 Å². The molecule has 4 nitrogen and oxygen atoms in total. The summed E-state index contributed by atoms with van der Waals surface area (Å²) in [5.41, 5.74) is 14.6. The molecule has 1 unspecified atom stereocenters. The first-order valence-corrected chi connectivity index (χ1v) is 30.1. The smallest absolute Gasteiger partial charge is 0.185 e. The van der Waals surface area contributed by atoms with Crippen LogP contribution in [0.1, 0.15) is 198 Å². The number of allylic oxidation sites excluding steroid dienone is 1. The van der Waals surface area contributed by atoms with E-state index in [1.165, 1.54) is 155 Å². The summed E-state index contributed by atoms with van der Waals surface area (Å²) in [5, 5.41) is 2.23. The Hall–Kier alpha value is -5.31. The van der Waals surface area contributed by atoms with E-state index in [9.17, 15) is 0 Å². The number of ether oxygens (including phenoxy) is 4. The summed E-state index contributed by atoms with van der Waals surface area (Å²) in [6, 6.07) is 33.2. The Morgan fingerprint density at radius 3 is 1.71 bits per heavy atom. The van der Waals surface area contributed by atoms with Gasteiger partial charge in [0.2, 0.25) is 0 Å². The minimum atomic E-state index is -1.03. The Bertz CT molecular complexity index is 2930. The van der Waals surface area contributed by atoms with Crippen LogP contribution in [0.3, 0.4) is 0 Å². The van der Waals surface area contributed by atoms with E-state index >= 15 is 0 Å². The molecule has 12 rings (SSSR count). The molecule has 1 fully saturated rings. The summed E-state index contributed by atoms with van der Waals surface area (Å²) >= 11 is 1.76. The van der Waals surface area contributed by atoms with Crippen molar-refractivity contribution in [1.29, 1.82) is 0 Å². The van der Waals surface area contributed by atoms with Gasteiger partial charge in [-0.2, -0.15) is 0 Å². The number of benzene rings is 5. The predicted octanol–water partition coefficient (Wildman–Crippen LogP) is 20.1. The van der Waals surface area contributed by atoms with E-state index in [-0.39, 0.29) is 16.2 Å². The number of methoxy groups -OCH3 is 1. The van der Waals surface area contributed by atoms with Crippen molar-refractivity contribution in [2.75, 3.05) is 20.3 Å². The fourth-order valence-electron chi connectivity index (χ4n) is 14.2. The monoisotopic (exact) mass is 1020 g/mol. The van der Waals surface area contributed by atoms with Gasteiger partial charge in [-0.05, 0) is 131 Å². The van der Waals surface area contributed by atoms with E-state index in [4.69, 9.17) is 18.9 Å². The third kappa shape index (κ3) is 12.0. The molecular formula is C70H84O4S. The van der Waals surface area contributed by atoms with E-state index in [0.717, 1.165) is 82.3 Å². The molecule has 0 saturated heterocycles. The first kappa shape index (κ1) is 53.1. The zero-order valence-corrected chi connectivity index (χ0v) is 47.0. The Kier molecular flexibility index (Phi) is 16.9. The predicted molar refractivity (Wildman–Crippen MR) is 313 cm³/mol. The second-order valence-electron chi connectivity index (χ2n) is 24.3. The van der Waals surface area contributed by atoms with Gasteiger partial charge in [0.15, 0.2) is 11.4 Å². The molecule has 4 heterocycles. The largest absolute Gasteiger partial charge is 0.496 e. The van der Waals surface area contributed by atoms with Crippen molar-refractivity contribution >= 4 is 28.6 Å². The summed E-state index contributed by atoms with van der Waals surface area (Å²) in [5.74, 6) is 3.31. The summed E-state index contributed by atoms with van der Waals surface area (Å²) in [6.07, 6.45) is 38.7. The molecule has 3 aliphatic carbocycles. The van der Waals surface area contributed by atoms with Crippen molar-refractivity contribution in [1.82, 2.24) is 0 Å². The lowest BCUT2D eigenvalue weighted by Gasteiger charge is -2.52. The van der Waals surface area contributed by atoms with Crippen LogP contribution in [-0.2, 0) is 15.8 Å². The molecule has 5 aromatic carbocycles.